The van der Waals surface area contributed by atoms with Crippen molar-refractivity contribution in [3.8, 4) is 0 Å². The maximum Gasteiger partial charge on any atom is 0.339 e. The van der Waals surface area contributed by atoms with Gasteiger partial charge in [0.05, 0.1) is 24.4 Å². The van der Waals surface area contributed by atoms with Gasteiger partial charge in [-0.05, 0) is 13.8 Å². The number of carboxylic acid groups (broad SMARTS) is 1. The second-order valence-corrected chi connectivity index (χ2v) is 6.51. The Hall–Kier alpha value is -1.30. The highest BCUT2D eigenvalue weighted by Gasteiger charge is 2.61. The summed E-state index contributed by atoms with van der Waals surface area (Å²) >= 11 is 0. The molecule has 1 heterocycles. The second kappa shape index (κ2) is 7.30. The maximum atomic E-state index is 11.7. The van der Waals surface area contributed by atoms with Crippen molar-refractivity contribution in [2.45, 2.75) is 68.9 Å². The van der Waals surface area contributed by atoms with Crippen molar-refractivity contribution >= 4 is 11.9 Å². The predicted octanol–water partition coefficient (Wildman–Crippen LogP) is -3.05. The van der Waals surface area contributed by atoms with E-state index in [0.29, 0.717) is 0 Å². The third-order valence-corrected chi connectivity index (χ3v) is 4.22. The average Bonchev–Trinajstić information content (AvgIpc) is 2.45. The minimum atomic E-state index is -2.29. The highest BCUT2D eigenvalue weighted by Crippen LogP contribution is 2.39. The fourth-order valence-electron chi connectivity index (χ4n) is 2.81. The molecule has 0 aliphatic carbocycles. The van der Waals surface area contributed by atoms with Crippen molar-refractivity contribution in [2.24, 2.45) is 0 Å². The fourth-order valence-corrected chi connectivity index (χ4v) is 2.81. The summed E-state index contributed by atoms with van der Waals surface area (Å²) in [4.78, 5) is 23.0. The molecule has 140 valence electrons. The number of aliphatic hydroxyl groups is 5. The van der Waals surface area contributed by atoms with Crippen LogP contribution < -0.4 is 5.32 Å². The van der Waals surface area contributed by atoms with E-state index < -0.39 is 66.6 Å². The summed E-state index contributed by atoms with van der Waals surface area (Å²) in [5, 5.41) is 61.2. The number of hydrogen-bond donors (Lipinski definition) is 7. The Morgan fingerprint density at radius 3 is 2.29 bits per heavy atom. The van der Waals surface area contributed by atoms with Crippen molar-refractivity contribution in [3.63, 3.8) is 0 Å². The maximum absolute atomic E-state index is 11.7. The van der Waals surface area contributed by atoms with Crippen LogP contribution in [0, 0.1) is 0 Å². The number of carboxylic acids is 1. The Morgan fingerprint density at radius 2 is 1.92 bits per heavy atom. The summed E-state index contributed by atoms with van der Waals surface area (Å²) in [5.41, 5.74) is -4.24. The molecule has 0 radical (unpaired) electrons. The number of nitrogens with one attached hydrogen (secondary N) is 1. The number of hydrogen-bond acceptors (Lipinski definition) is 8. The first-order valence-electron chi connectivity index (χ1n) is 7.43. The molecular weight excluding hydrogens is 326 g/mol. The Morgan fingerprint density at radius 1 is 1.38 bits per heavy atom. The largest absolute Gasteiger partial charge is 0.479 e. The molecule has 0 aromatic rings. The molecule has 1 aliphatic rings. The van der Waals surface area contributed by atoms with Crippen LogP contribution in [0.5, 0.6) is 0 Å². The lowest BCUT2D eigenvalue weighted by Gasteiger charge is -2.51. The van der Waals surface area contributed by atoms with E-state index in [0.717, 1.165) is 6.92 Å². The minimum absolute atomic E-state index is 0.560. The van der Waals surface area contributed by atoms with Gasteiger partial charge in [0.1, 0.15) is 18.3 Å². The lowest BCUT2D eigenvalue weighted by molar-refractivity contribution is -0.268. The standard InChI is InChI=1S/C14H25NO9/c1-6(17)15-9-7(18)4-14(12(21)22,13(2,3)23)24-11(9)10(20)8(19)5-16/h7-11,16,18-20,23H,4-5H2,1-3H3,(H,15,17)(H,21,22)/t7-,8+,9+,10+,11+,14+/m0/s1. The van der Waals surface area contributed by atoms with Crippen LogP contribution in [0.4, 0.5) is 0 Å². The van der Waals surface area contributed by atoms with E-state index in [-0.39, 0.29) is 0 Å². The molecule has 24 heavy (non-hydrogen) atoms. The number of aliphatic hydroxyl groups excluding tert-OH is 4. The van der Waals surface area contributed by atoms with E-state index in [4.69, 9.17) is 9.84 Å². The second-order valence-electron chi connectivity index (χ2n) is 6.51. The molecule has 7 N–H and O–H groups in total. The highest BCUT2D eigenvalue weighted by molar-refractivity contribution is 5.80. The zero-order valence-electron chi connectivity index (χ0n) is 13.7. The molecule has 1 saturated heterocycles. The topological polar surface area (TPSA) is 177 Å². The lowest BCUT2D eigenvalue weighted by atomic mass is 9.75. The van der Waals surface area contributed by atoms with Gasteiger partial charge in [0.2, 0.25) is 5.91 Å². The molecule has 0 spiro atoms. The molecule has 0 aromatic carbocycles. The third kappa shape index (κ3) is 3.85. The molecule has 10 heteroatoms. The summed E-state index contributed by atoms with van der Waals surface area (Å²) in [6, 6.07) is -1.24. The van der Waals surface area contributed by atoms with Crippen LogP contribution in [-0.4, -0.2) is 90.8 Å². The van der Waals surface area contributed by atoms with Crippen LogP contribution in [0.15, 0.2) is 0 Å². The summed E-state index contributed by atoms with van der Waals surface area (Å²) in [5.74, 6) is -2.16. The van der Waals surface area contributed by atoms with Crippen molar-refractivity contribution in [3.05, 3.63) is 0 Å². The number of rotatable bonds is 6. The molecule has 1 amide bonds. The molecule has 0 saturated carbocycles. The molecule has 0 unspecified atom stereocenters. The Bertz CT molecular complexity index is 477. The van der Waals surface area contributed by atoms with Crippen molar-refractivity contribution in [1.29, 1.82) is 0 Å². The zero-order chi connectivity index (χ0) is 18.9. The van der Waals surface area contributed by atoms with Crippen LogP contribution in [0.3, 0.4) is 0 Å². The van der Waals surface area contributed by atoms with Crippen molar-refractivity contribution < 1.29 is 45.0 Å². The van der Waals surface area contributed by atoms with Gasteiger partial charge in [-0.1, -0.05) is 0 Å². The van der Waals surface area contributed by atoms with Gasteiger partial charge in [-0.2, -0.15) is 0 Å². The molecule has 10 nitrogen and oxygen atoms in total. The van der Waals surface area contributed by atoms with Crippen LogP contribution in [0.2, 0.25) is 0 Å². The van der Waals surface area contributed by atoms with E-state index in [2.05, 4.69) is 5.32 Å². The molecule has 6 atom stereocenters. The quantitative estimate of drug-likeness (QED) is 0.262. The Kier molecular flexibility index (Phi) is 6.31. The normalized spacial score (nSPS) is 33.6. The number of amides is 1. The summed E-state index contributed by atoms with van der Waals surface area (Å²) < 4.78 is 5.42. The van der Waals surface area contributed by atoms with Crippen LogP contribution in [-0.2, 0) is 14.3 Å². The fraction of sp³-hybridized carbons (Fsp3) is 0.857. The number of ether oxygens (including phenoxy) is 1. The Balaban J connectivity index is 3.32. The van der Waals surface area contributed by atoms with Gasteiger partial charge < -0.3 is 40.7 Å². The van der Waals surface area contributed by atoms with Crippen LogP contribution in [0.25, 0.3) is 0 Å². The van der Waals surface area contributed by atoms with Gasteiger partial charge in [0.15, 0.2) is 5.60 Å². The Labute approximate surface area is 138 Å². The summed E-state index contributed by atoms with van der Waals surface area (Å²) in [6.45, 7) is 2.62. The predicted molar refractivity (Wildman–Crippen MR) is 78.9 cm³/mol. The van der Waals surface area contributed by atoms with Gasteiger partial charge in [0, 0.05) is 13.3 Å². The molecule has 0 aromatic heterocycles. The monoisotopic (exact) mass is 351 g/mol. The van der Waals surface area contributed by atoms with Gasteiger partial charge in [-0.3, -0.25) is 4.79 Å². The molecule has 0 bridgehead atoms. The number of carbonyl (C=O) groups is 2. The lowest BCUT2D eigenvalue weighted by Crippen LogP contribution is -2.72. The summed E-state index contributed by atoms with van der Waals surface area (Å²) in [6.07, 6.45) is -7.15. The third-order valence-electron chi connectivity index (χ3n) is 4.22. The van der Waals surface area contributed by atoms with Crippen LogP contribution >= 0.6 is 0 Å². The van der Waals surface area contributed by atoms with E-state index in [1.54, 1.807) is 0 Å². The SMILES string of the molecule is CC(=O)N[C@H]1[C@H]([C@H](O)[C@H](O)CO)O[C@](C(=O)O)(C(C)(C)O)C[C@@H]1O. The summed E-state index contributed by atoms with van der Waals surface area (Å²) in [7, 11) is 0. The highest BCUT2D eigenvalue weighted by atomic mass is 16.6. The molecule has 1 rings (SSSR count). The van der Waals surface area contributed by atoms with Gasteiger partial charge in [0.25, 0.3) is 0 Å². The van der Waals surface area contributed by atoms with Gasteiger partial charge in [-0.25, -0.2) is 4.79 Å². The van der Waals surface area contributed by atoms with Crippen molar-refractivity contribution in [2.75, 3.05) is 6.61 Å². The molecule has 1 aliphatic heterocycles. The zero-order valence-corrected chi connectivity index (χ0v) is 13.7. The first-order chi connectivity index (χ1) is 10.9. The number of carbonyl (C=O) groups excluding carboxylic acids is 1. The van der Waals surface area contributed by atoms with E-state index in [1.807, 2.05) is 0 Å². The van der Waals surface area contributed by atoms with Crippen LogP contribution in [0.1, 0.15) is 27.2 Å². The first-order valence-corrected chi connectivity index (χ1v) is 7.43. The minimum Gasteiger partial charge on any atom is -0.479 e. The van der Waals surface area contributed by atoms with Gasteiger partial charge >= 0.3 is 5.97 Å². The molecular formula is C14H25NO9. The van der Waals surface area contributed by atoms with Gasteiger partial charge in [-0.15, -0.1) is 0 Å². The smallest absolute Gasteiger partial charge is 0.339 e. The number of aliphatic carboxylic acids is 1. The van der Waals surface area contributed by atoms with E-state index >= 15 is 0 Å². The van der Waals surface area contributed by atoms with E-state index in [1.165, 1.54) is 13.8 Å². The first kappa shape index (κ1) is 20.7. The molecule has 1 fully saturated rings. The van der Waals surface area contributed by atoms with Crippen molar-refractivity contribution in [1.82, 2.24) is 5.32 Å². The average molecular weight is 351 g/mol. The van der Waals surface area contributed by atoms with E-state index in [9.17, 15) is 35.1 Å².